The predicted molar refractivity (Wildman–Crippen MR) is 63.9 cm³/mol. The second-order valence-corrected chi connectivity index (χ2v) is 4.44. The molecule has 84 valence electrons. The number of nitrogens with one attached hydrogen (secondary N) is 1. The summed E-state index contributed by atoms with van der Waals surface area (Å²) in [5.41, 5.74) is 1.91. The van der Waals surface area contributed by atoms with Crippen LogP contribution in [-0.2, 0) is 11.3 Å². The summed E-state index contributed by atoms with van der Waals surface area (Å²) in [4.78, 5) is 7.51. The molecule has 0 aliphatic carbocycles. The molecule has 0 aromatic carbocycles. The van der Waals surface area contributed by atoms with E-state index in [1.807, 2.05) is 16.7 Å². The number of pyridine rings is 1. The van der Waals surface area contributed by atoms with E-state index in [1.54, 1.807) is 6.20 Å². The molecular formula is C11H13N3OS. The van der Waals surface area contributed by atoms with Gasteiger partial charge in [-0.15, -0.1) is 0 Å². The molecule has 0 saturated carbocycles. The van der Waals surface area contributed by atoms with Crippen molar-refractivity contribution in [2.24, 2.45) is 0 Å². The maximum Gasteiger partial charge on any atom is 0.179 e. The summed E-state index contributed by atoms with van der Waals surface area (Å²) in [5.74, 6) is 0. The summed E-state index contributed by atoms with van der Waals surface area (Å²) in [6.45, 7) is 1.67. The lowest BCUT2D eigenvalue weighted by atomic mass is 10.2. The zero-order chi connectivity index (χ0) is 11.0. The Kier molecular flexibility index (Phi) is 2.49. The highest BCUT2D eigenvalue weighted by atomic mass is 32.1. The largest absolute Gasteiger partial charge is 0.376 e. The minimum atomic E-state index is 0.285. The van der Waals surface area contributed by atoms with Crippen LogP contribution in [0.5, 0.6) is 0 Å². The van der Waals surface area contributed by atoms with Crippen LogP contribution in [0.2, 0.25) is 0 Å². The van der Waals surface area contributed by atoms with Crippen LogP contribution in [0.25, 0.3) is 11.2 Å². The summed E-state index contributed by atoms with van der Waals surface area (Å²) in [7, 11) is 0. The molecule has 5 heteroatoms. The Morgan fingerprint density at radius 3 is 3.38 bits per heavy atom. The first-order valence-corrected chi connectivity index (χ1v) is 5.90. The van der Waals surface area contributed by atoms with Gasteiger partial charge in [0.25, 0.3) is 0 Å². The van der Waals surface area contributed by atoms with Crippen LogP contribution in [0.3, 0.4) is 0 Å². The van der Waals surface area contributed by atoms with Gasteiger partial charge in [-0.3, -0.25) is 4.57 Å². The number of hydrogen-bond donors (Lipinski definition) is 1. The van der Waals surface area contributed by atoms with E-state index in [-0.39, 0.29) is 6.10 Å². The maximum atomic E-state index is 5.62. The zero-order valence-electron chi connectivity index (χ0n) is 8.85. The van der Waals surface area contributed by atoms with E-state index in [2.05, 4.69) is 9.97 Å². The molecule has 0 radical (unpaired) electrons. The Morgan fingerprint density at radius 1 is 1.62 bits per heavy atom. The lowest BCUT2D eigenvalue weighted by molar-refractivity contribution is 0.0975. The molecule has 1 N–H and O–H groups in total. The molecule has 1 fully saturated rings. The van der Waals surface area contributed by atoms with Crippen LogP contribution in [0.15, 0.2) is 18.3 Å². The smallest absolute Gasteiger partial charge is 0.179 e. The van der Waals surface area contributed by atoms with Gasteiger partial charge in [0.1, 0.15) is 0 Å². The van der Waals surface area contributed by atoms with E-state index < -0.39 is 0 Å². The van der Waals surface area contributed by atoms with Crippen molar-refractivity contribution in [3.8, 4) is 0 Å². The number of fused-ring (bicyclic) bond motifs is 1. The number of ether oxygens (including phenoxy) is 1. The molecule has 3 heterocycles. The number of H-pyrrole nitrogens is 1. The minimum Gasteiger partial charge on any atom is -0.376 e. The highest BCUT2D eigenvalue weighted by Crippen LogP contribution is 2.17. The van der Waals surface area contributed by atoms with Crippen molar-refractivity contribution in [1.82, 2.24) is 14.5 Å². The van der Waals surface area contributed by atoms with Crippen LogP contribution in [0.4, 0.5) is 0 Å². The second kappa shape index (κ2) is 3.99. The van der Waals surface area contributed by atoms with Crippen molar-refractivity contribution in [2.45, 2.75) is 25.5 Å². The zero-order valence-corrected chi connectivity index (χ0v) is 9.67. The van der Waals surface area contributed by atoms with Crippen molar-refractivity contribution >= 4 is 23.4 Å². The van der Waals surface area contributed by atoms with E-state index in [0.29, 0.717) is 0 Å². The van der Waals surface area contributed by atoms with Gasteiger partial charge >= 0.3 is 0 Å². The third kappa shape index (κ3) is 1.66. The van der Waals surface area contributed by atoms with Crippen LogP contribution in [-0.4, -0.2) is 27.2 Å². The Hall–Kier alpha value is -1.20. The monoisotopic (exact) mass is 235 g/mol. The Labute approximate surface area is 98.3 Å². The van der Waals surface area contributed by atoms with Gasteiger partial charge in [-0.1, -0.05) is 0 Å². The van der Waals surface area contributed by atoms with Crippen molar-refractivity contribution < 1.29 is 4.74 Å². The van der Waals surface area contributed by atoms with Crippen LogP contribution in [0.1, 0.15) is 12.8 Å². The SMILES string of the molecule is S=c1[nH]c2cccnc2n1CC1CCCO1. The van der Waals surface area contributed by atoms with Gasteiger partial charge in [0.2, 0.25) is 0 Å². The van der Waals surface area contributed by atoms with Crippen molar-refractivity contribution in [1.29, 1.82) is 0 Å². The number of nitrogens with zero attached hydrogens (tertiary/aromatic N) is 2. The predicted octanol–water partition coefficient (Wildman–Crippen LogP) is 2.27. The molecular weight excluding hydrogens is 222 g/mol. The van der Waals surface area contributed by atoms with E-state index in [0.717, 1.165) is 41.9 Å². The molecule has 2 aromatic heterocycles. The Bertz CT molecular complexity index is 554. The quantitative estimate of drug-likeness (QED) is 0.812. The van der Waals surface area contributed by atoms with Crippen LogP contribution < -0.4 is 0 Å². The number of aromatic amines is 1. The first-order valence-electron chi connectivity index (χ1n) is 5.50. The molecule has 0 bridgehead atoms. The van der Waals surface area contributed by atoms with E-state index in [1.165, 1.54) is 0 Å². The summed E-state index contributed by atoms with van der Waals surface area (Å²) in [6, 6.07) is 3.90. The molecule has 1 saturated heterocycles. The Balaban J connectivity index is 2.01. The van der Waals surface area contributed by atoms with Crippen molar-refractivity contribution in [3.05, 3.63) is 23.1 Å². The molecule has 2 aromatic rings. The lowest BCUT2D eigenvalue weighted by Crippen LogP contribution is -2.15. The molecule has 1 aliphatic heterocycles. The number of hydrogen-bond acceptors (Lipinski definition) is 3. The Morgan fingerprint density at radius 2 is 2.56 bits per heavy atom. The third-order valence-electron chi connectivity index (χ3n) is 2.94. The fourth-order valence-corrected chi connectivity index (χ4v) is 2.42. The first-order chi connectivity index (χ1) is 7.84. The molecule has 1 unspecified atom stereocenters. The van der Waals surface area contributed by atoms with Gasteiger partial charge in [0, 0.05) is 12.8 Å². The van der Waals surface area contributed by atoms with Crippen LogP contribution >= 0.6 is 12.2 Å². The average Bonchev–Trinajstić information content (AvgIpc) is 2.89. The topological polar surface area (TPSA) is 42.8 Å². The summed E-state index contributed by atoms with van der Waals surface area (Å²) < 4.78 is 8.38. The molecule has 1 atom stereocenters. The van der Waals surface area contributed by atoms with E-state index in [4.69, 9.17) is 17.0 Å². The van der Waals surface area contributed by atoms with Gasteiger partial charge < -0.3 is 9.72 Å². The van der Waals surface area contributed by atoms with Gasteiger partial charge in [0.05, 0.1) is 18.2 Å². The molecule has 1 aliphatic rings. The molecule has 3 rings (SSSR count). The number of aromatic nitrogens is 3. The molecule has 16 heavy (non-hydrogen) atoms. The average molecular weight is 235 g/mol. The fraction of sp³-hybridized carbons (Fsp3) is 0.455. The lowest BCUT2D eigenvalue weighted by Gasteiger charge is -2.10. The normalized spacial score (nSPS) is 20.6. The number of imidazole rings is 1. The highest BCUT2D eigenvalue weighted by molar-refractivity contribution is 7.71. The fourth-order valence-electron chi connectivity index (χ4n) is 2.15. The molecule has 4 nitrogen and oxygen atoms in total. The minimum absolute atomic E-state index is 0.285. The first kappa shape index (κ1) is 9.99. The van der Waals surface area contributed by atoms with Crippen molar-refractivity contribution in [3.63, 3.8) is 0 Å². The second-order valence-electron chi connectivity index (χ2n) is 4.05. The third-order valence-corrected chi connectivity index (χ3v) is 3.26. The maximum absolute atomic E-state index is 5.62. The van der Waals surface area contributed by atoms with Crippen LogP contribution in [0, 0.1) is 4.77 Å². The highest BCUT2D eigenvalue weighted by Gasteiger charge is 2.17. The van der Waals surface area contributed by atoms with Crippen molar-refractivity contribution in [2.75, 3.05) is 6.61 Å². The van der Waals surface area contributed by atoms with Gasteiger partial charge in [-0.05, 0) is 37.2 Å². The summed E-state index contributed by atoms with van der Waals surface area (Å²) in [6.07, 6.45) is 4.33. The van der Waals surface area contributed by atoms with E-state index >= 15 is 0 Å². The molecule has 0 amide bonds. The standard InChI is InChI=1S/C11H13N3OS/c16-11-13-9-4-1-5-12-10(9)14(11)7-8-3-2-6-15-8/h1,4-5,8H,2-3,6-7H2,(H,13,16). The summed E-state index contributed by atoms with van der Waals surface area (Å²) in [5, 5.41) is 0. The summed E-state index contributed by atoms with van der Waals surface area (Å²) >= 11 is 5.30. The van der Waals surface area contributed by atoms with Gasteiger partial charge in [-0.25, -0.2) is 4.98 Å². The van der Waals surface area contributed by atoms with Gasteiger partial charge in [0.15, 0.2) is 10.4 Å². The number of rotatable bonds is 2. The molecule has 0 spiro atoms. The van der Waals surface area contributed by atoms with Gasteiger partial charge in [-0.2, -0.15) is 0 Å². The van der Waals surface area contributed by atoms with E-state index in [9.17, 15) is 0 Å².